The Morgan fingerprint density at radius 1 is 1.38 bits per heavy atom. The number of nitrogens with two attached hydrogens (primary N) is 2. The van der Waals surface area contributed by atoms with E-state index in [0.29, 0.717) is 6.42 Å². The van der Waals surface area contributed by atoms with E-state index in [0.717, 1.165) is 18.2 Å². The number of carbonyl (C=O) groups excluding carboxylic acids is 1. The molecule has 1 fully saturated rings. The fourth-order valence-electron chi connectivity index (χ4n) is 4.30. The predicted molar refractivity (Wildman–Crippen MR) is 95.5 cm³/mol. The van der Waals surface area contributed by atoms with Crippen molar-refractivity contribution in [3.05, 3.63) is 35.4 Å². The van der Waals surface area contributed by atoms with Crippen molar-refractivity contribution in [2.45, 2.75) is 43.0 Å². The summed E-state index contributed by atoms with van der Waals surface area (Å²) in [6.45, 7) is 1.57. The highest BCUT2D eigenvalue weighted by Gasteiger charge is 2.75. The number of carbonyl (C=O) groups is 1. The number of esters is 1. The second-order valence-electron chi connectivity index (χ2n) is 7.22. The number of guanidine groups is 2. The Kier molecular flexibility index (Phi) is 4.17. The molecule has 1 aromatic rings. The molecule has 4 rings (SSSR count). The minimum absolute atomic E-state index is 0.0467. The van der Waals surface area contributed by atoms with Gasteiger partial charge in [0.15, 0.2) is 12.1 Å². The van der Waals surface area contributed by atoms with Crippen LogP contribution >= 0.6 is 0 Å². The number of hydrogen-bond acceptors (Lipinski definition) is 9. The molecule has 3 aliphatic rings. The highest BCUT2D eigenvalue weighted by Crippen LogP contribution is 2.43. The van der Waals surface area contributed by atoms with Gasteiger partial charge in [0, 0.05) is 0 Å². The van der Waals surface area contributed by atoms with Gasteiger partial charge in [0.25, 0.3) is 5.79 Å². The van der Waals surface area contributed by atoms with E-state index >= 15 is 0 Å². The Morgan fingerprint density at radius 2 is 2.03 bits per heavy atom. The van der Waals surface area contributed by atoms with E-state index in [4.69, 9.17) is 16.2 Å². The first-order valence-corrected chi connectivity index (χ1v) is 9.01. The molecule has 10 nitrogen and oxygen atoms in total. The average molecular weight is 411 g/mol. The largest absolute Gasteiger partial charge is 0.449 e. The maximum Gasteiger partial charge on any atom is 0.346 e. The molecule has 0 bridgehead atoms. The molecule has 1 spiro atoms. The van der Waals surface area contributed by atoms with E-state index in [1.165, 1.54) is 4.58 Å². The number of aliphatic imine (C=N–C) groups is 1. The van der Waals surface area contributed by atoms with Crippen LogP contribution in [0.15, 0.2) is 23.2 Å². The van der Waals surface area contributed by atoms with Crippen LogP contribution in [0, 0.1) is 11.6 Å². The standard InChI is InChI=1S/C17H20F2N6O4/c1-2-9-12-16(24-14(20)23-12)17(27,28)10(6-25(16)15(21)22-9)29-13(26)11-7(18)4-3-5-8(11)19/h3-5,9-10,12,27-28H,2,6H2,1H3,(H5,20,21,22,23,24)/p+1/t9-,10-,12-,16-/m0/s1. The molecule has 1 saturated heterocycles. The van der Waals surface area contributed by atoms with Gasteiger partial charge in [-0.15, -0.1) is 0 Å². The van der Waals surface area contributed by atoms with Crippen molar-refractivity contribution in [1.82, 2.24) is 10.6 Å². The summed E-state index contributed by atoms with van der Waals surface area (Å²) in [5, 5.41) is 27.9. The van der Waals surface area contributed by atoms with Gasteiger partial charge in [-0.05, 0) is 18.6 Å². The number of nitrogens with one attached hydrogen (secondary N) is 2. The van der Waals surface area contributed by atoms with Gasteiger partial charge in [-0.1, -0.05) is 13.0 Å². The number of ether oxygens (including phenoxy) is 1. The highest BCUT2D eigenvalue weighted by molar-refractivity contribution is 5.90. The smallest absolute Gasteiger partial charge is 0.346 e. The zero-order chi connectivity index (χ0) is 21.1. The van der Waals surface area contributed by atoms with Gasteiger partial charge in [0.1, 0.15) is 35.8 Å². The van der Waals surface area contributed by atoms with Crippen LogP contribution in [0.25, 0.3) is 0 Å². The number of nitrogens with zero attached hydrogens (tertiary/aromatic N) is 2. The first kappa shape index (κ1) is 19.3. The quantitative estimate of drug-likeness (QED) is 0.187. The normalized spacial score (nSPS) is 32.0. The number of rotatable bonds is 3. The fraction of sp³-hybridized carbons (Fsp3) is 0.471. The molecule has 1 aromatic carbocycles. The third kappa shape index (κ3) is 2.48. The van der Waals surface area contributed by atoms with Crippen LogP contribution in [0.3, 0.4) is 0 Å². The van der Waals surface area contributed by atoms with Crippen molar-refractivity contribution in [2.24, 2.45) is 16.5 Å². The third-order valence-electron chi connectivity index (χ3n) is 5.67. The second-order valence-corrected chi connectivity index (χ2v) is 7.22. The molecule has 3 aliphatic heterocycles. The molecule has 0 radical (unpaired) electrons. The number of aliphatic hydroxyl groups is 2. The van der Waals surface area contributed by atoms with Crippen LogP contribution in [0.5, 0.6) is 0 Å². The lowest BCUT2D eigenvalue weighted by Crippen LogP contribution is -2.78. The van der Waals surface area contributed by atoms with Gasteiger partial charge in [-0.3, -0.25) is 11.1 Å². The number of halogens is 2. The Bertz CT molecular complexity index is 932. The van der Waals surface area contributed by atoms with Crippen molar-refractivity contribution in [2.75, 3.05) is 6.54 Å². The van der Waals surface area contributed by atoms with Crippen LogP contribution in [0.1, 0.15) is 23.7 Å². The molecule has 4 atom stereocenters. The van der Waals surface area contributed by atoms with E-state index in [9.17, 15) is 23.8 Å². The molecular weight excluding hydrogens is 390 g/mol. The summed E-state index contributed by atoms with van der Waals surface area (Å²) in [4.78, 5) is 16.7. The summed E-state index contributed by atoms with van der Waals surface area (Å²) in [5.74, 6) is -6.33. The average Bonchev–Trinajstić information content (AvgIpc) is 3.10. The van der Waals surface area contributed by atoms with Crippen molar-refractivity contribution in [3.8, 4) is 0 Å². The molecule has 29 heavy (non-hydrogen) atoms. The predicted octanol–water partition coefficient (Wildman–Crippen LogP) is -2.12. The summed E-state index contributed by atoms with van der Waals surface area (Å²) < 4.78 is 34.3. The van der Waals surface area contributed by atoms with Gasteiger partial charge in [-0.25, -0.2) is 23.1 Å². The molecular formula is C17H21F2N6O4+. The minimum Gasteiger partial charge on any atom is -0.449 e. The molecule has 12 heteroatoms. The molecule has 8 N–H and O–H groups in total. The lowest BCUT2D eigenvalue weighted by Gasteiger charge is -2.43. The Labute approximate surface area is 163 Å². The summed E-state index contributed by atoms with van der Waals surface area (Å²) in [5.41, 5.74) is 9.24. The molecule has 0 unspecified atom stereocenters. The highest BCUT2D eigenvalue weighted by atomic mass is 19.1. The molecule has 0 aliphatic carbocycles. The van der Waals surface area contributed by atoms with Gasteiger partial charge < -0.3 is 26.0 Å². The number of hydrogen-bond donors (Lipinski definition) is 6. The summed E-state index contributed by atoms with van der Waals surface area (Å²) in [6, 6.07) is 1.71. The van der Waals surface area contributed by atoms with Crippen LogP contribution in [0.2, 0.25) is 0 Å². The lowest BCUT2D eigenvalue weighted by molar-refractivity contribution is -0.623. The van der Waals surface area contributed by atoms with E-state index in [1.807, 2.05) is 6.92 Å². The molecule has 0 amide bonds. The number of benzene rings is 1. The maximum atomic E-state index is 13.9. The molecule has 3 heterocycles. The summed E-state index contributed by atoms with van der Waals surface area (Å²) >= 11 is 0. The van der Waals surface area contributed by atoms with Crippen molar-refractivity contribution >= 4 is 17.9 Å². The van der Waals surface area contributed by atoms with Crippen LogP contribution < -0.4 is 22.1 Å². The third-order valence-corrected chi connectivity index (χ3v) is 5.67. The van der Waals surface area contributed by atoms with E-state index in [1.54, 1.807) is 0 Å². The maximum absolute atomic E-state index is 13.9. The van der Waals surface area contributed by atoms with Crippen molar-refractivity contribution < 1.29 is 33.1 Å². The molecule has 0 aromatic heterocycles. The van der Waals surface area contributed by atoms with Gasteiger partial charge in [0.05, 0.1) is 0 Å². The fourth-order valence-corrected chi connectivity index (χ4v) is 4.30. The first-order chi connectivity index (χ1) is 13.6. The molecule has 0 saturated carbocycles. The summed E-state index contributed by atoms with van der Waals surface area (Å²) in [6.07, 6.45) is -1.08. The topological polar surface area (TPSA) is 158 Å². The minimum atomic E-state index is -2.74. The van der Waals surface area contributed by atoms with Crippen molar-refractivity contribution in [1.29, 1.82) is 0 Å². The van der Waals surface area contributed by atoms with E-state index in [2.05, 4.69) is 15.6 Å². The van der Waals surface area contributed by atoms with Crippen LogP contribution in [0.4, 0.5) is 8.78 Å². The second kappa shape index (κ2) is 6.26. The van der Waals surface area contributed by atoms with Gasteiger partial charge in [-0.2, -0.15) is 0 Å². The Hall–Kier alpha value is -2.99. The van der Waals surface area contributed by atoms with Crippen LogP contribution in [-0.2, 0) is 4.74 Å². The Balaban J connectivity index is 1.73. The van der Waals surface area contributed by atoms with E-state index in [-0.39, 0.29) is 18.5 Å². The first-order valence-electron chi connectivity index (χ1n) is 9.01. The van der Waals surface area contributed by atoms with Gasteiger partial charge in [0.2, 0.25) is 5.66 Å². The zero-order valence-corrected chi connectivity index (χ0v) is 15.4. The van der Waals surface area contributed by atoms with E-state index < -0.39 is 52.8 Å². The SMILES string of the molecule is CC[C@@H]1NC(N)=[N+]2C[C@H](OC(=O)c3c(F)cccc3F)C(O)(O)[C@@]23NC(N)=N[C@@H]13. The monoisotopic (exact) mass is 411 g/mol. The van der Waals surface area contributed by atoms with Gasteiger partial charge >= 0.3 is 11.9 Å². The Morgan fingerprint density at radius 3 is 2.66 bits per heavy atom. The molecule has 156 valence electrons. The zero-order valence-electron chi connectivity index (χ0n) is 15.4. The summed E-state index contributed by atoms with van der Waals surface area (Å²) in [7, 11) is 0. The van der Waals surface area contributed by atoms with Crippen LogP contribution in [-0.4, -0.2) is 68.9 Å². The lowest BCUT2D eigenvalue weighted by atomic mass is 9.85. The van der Waals surface area contributed by atoms with Crippen molar-refractivity contribution in [3.63, 3.8) is 0 Å².